The van der Waals surface area contributed by atoms with Crippen LogP contribution in [0.15, 0.2) is 48.7 Å². The molecule has 6 heteroatoms. The van der Waals surface area contributed by atoms with Gasteiger partial charge >= 0.3 is 0 Å². The average Bonchev–Trinajstić information content (AvgIpc) is 3.11. The van der Waals surface area contributed by atoms with Crippen molar-refractivity contribution < 1.29 is 4.74 Å². The maximum atomic E-state index is 6.10. The van der Waals surface area contributed by atoms with Crippen LogP contribution in [-0.4, -0.2) is 37.9 Å². The summed E-state index contributed by atoms with van der Waals surface area (Å²) in [5.74, 6) is 3.32. The molecule has 5 rings (SSSR count). The van der Waals surface area contributed by atoms with Crippen molar-refractivity contribution in [3.63, 3.8) is 0 Å². The van der Waals surface area contributed by atoms with E-state index in [1.807, 2.05) is 18.2 Å². The molecule has 6 nitrogen and oxygen atoms in total. The number of aromatic nitrogens is 4. The minimum atomic E-state index is 0.226. The highest BCUT2D eigenvalue weighted by molar-refractivity contribution is 5.45. The van der Waals surface area contributed by atoms with Crippen molar-refractivity contribution in [2.24, 2.45) is 0 Å². The Labute approximate surface area is 184 Å². The molecule has 0 saturated heterocycles. The Balaban J connectivity index is 1.37. The number of ether oxygens (including phenoxy) is 1. The third-order valence-corrected chi connectivity index (χ3v) is 6.42. The third-order valence-electron chi connectivity index (χ3n) is 6.42. The van der Waals surface area contributed by atoms with E-state index in [4.69, 9.17) is 9.84 Å². The smallest absolute Gasteiger partial charge is 0.213 e. The molecular weight excluding hydrogens is 386 g/mol. The van der Waals surface area contributed by atoms with E-state index in [1.54, 1.807) is 6.20 Å². The Kier molecular flexibility index (Phi) is 5.72. The quantitative estimate of drug-likeness (QED) is 0.673. The molecule has 31 heavy (non-hydrogen) atoms. The molecule has 0 radical (unpaired) electrons. The van der Waals surface area contributed by atoms with Crippen LogP contribution in [0.5, 0.6) is 5.88 Å². The molecule has 0 bridgehead atoms. The van der Waals surface area contributed by atoms with Gasteiger partial charge in [-0.25, -0.2) is 4.98 Å². The number of nitrogens with zero attached hydrogens (tertiary/aromatic N) is 4. The summed E-state index contributed by atoms with van der Waals surface area (Å²) in [5, 5.41) is 13.1. The molecule has 162 valence electrons. The zero-order chi connectivity index (χ0) is 21.2. The first-order valence-corrected chi connectivity index (χ1v) is 11.5. The highest BCUT2D eigenvalue weighted by Gasteiger charge is 2.31. The van der Waals surface area contributed by atoms with Crippen LogP contribution < -0.4 is 10.1 Å². The normalized spacial score (nSPS) is 23.1. The summed E-state index contributed by atoms with van der Waals surface area (Å²) in [4.78, 5) is 4.31. The first-order chi connectivity index (χ1) is 15.2. The molecule has 0 amide bonds. The van der Waals surface area contributed by atoms with Gasteiger partial charge < -0.3 is 10.1 Å². The lowest BCUT2D eigenvalue weighted by Crippen LogP contribution is -2.37. The van der Waals surface area contributed by atoms with Gasteiger partial charge in [0.05, 0.1) is 5.69 Å². The lowest BCUT2D eigenvalue weighted by molar-refractivity contribution is 0.139. The first-order valence-electron chi connectivity index (χ1n) is 11.5. The fourth-order valence-corrected chi connectivity index (χ4v) is 5.06. The maximum absolute atomic E-state index is 6.10. The van der Waals surface area contributed by atoms with Crippen molar-refractivity contribution in [2.45, 2.75) is 76.5 Å². The number of para-hydroxylation sites is 1. The summed E-state index contributed by atoms with van der Waals surface area (Å²) in [6.45, 7) is 4.41. The van der Waals surface area contributed by atoms with E-state index in [2.05, 4.69) is 58.1 Å². The van der Waals surface area contributed by atoms with Crippen LogP contribution in [0.3, 0.4) is 0 Å². The Bertz CT molecular complexity index is 1010. The fourth-order valence-electron chi connectivity index (χ4n) is 5.06. The number of nitrogens with one attached hydrogen (secondary N) is 1. The molecule has 1 saturated carbocycles. The lowest BCUT2D eigenvalue weighted by atomic mass is 9.86. The zero-order valence-corrected chi connectivity index (χ0v) is 18.4. The van der Waals surface area contributed by atoms with Crippen molar-refractivity contribution in [2.75, 3.05) is 0 Å². The summed E-state index contributed by atoms with van der Waals surface area (Å²) < 4.78 is 8.45. The average molecular weight is 418 g/mol. The van der Waals surface area contributed by atoms with E-state index < -0.39 is 0 Å². The van der Waals surface area contributed by atoms with Crippen LogP contribution in [-0.2, 0) is 12.8 Å². The molecule has 1 atom stereocenters. The van der Waals surface area contributed by atoms with Gasteiger partial charge in [-0.1, -0.05) is 38.1 Å². The molecule has 0 spiro atoms. The van der Waals surface area contributed by atoms with E-state index in [-0.39, 0.29) is 6.10 Å². The fraction of sp³-hybridized carbons (Fsp3) is 0.480. The summed E-state index contributed by atoms with van der Waals surface area (Å²) in [6, 6.07) is 15.4. The standard InChI is InChI=1S/C25H31N5O/c1-17(2)27-20-15-19-7-3-4-8-22(19)30-23(16-20)28-29-25(30)18-10-12-21(13-11-18)31-24-9-5-6-14-26-24/h3-9,14,17-18,20-21,27H,10-13,15-16H2,1-2H3. The van der Waals surface area contributed by atoms with Crippen LogP contribution in [0.1, 0.15) is 62.7 Å². The van der Waals surface area contributed by atoms with Crippen LogP contribution >= 0.6 is 0 Å². The predicted octanol–water partition coefficient (Wildman–Crippen LogP) is 4.23. The minimum Gasteiger partial charge on any atom is -0.474 e. The lowest BCUT2D eigenvalue weighted by Gasteiger charge is -2.28. The number of rotatable bonds is 5. The van der Waals surface area contributed by atoms with Gasteiger partial charge in [-0.15, -0.1) is 10.2 Å². The summed E-state index contributed by atoms with van der Waals surface area (Å²) in [7, 11) is 0. The van der Waals surface area contributed by atoms with Crippen molar-refractivity contribution in [3.05, 3.63) is 65.9 Å². The van der Waals surface area contributed by atoms with E-state index in [0.717, 1.165) is 56.1 Å². The molecule has 1 aromatic carbocycles. The van der Waals surface area contributed by atoms with Crippen LogP contribution in [0.25, 0.3) is 5.69 Å². The molecule has 1 aliphatic heterocycles. The van der Waals surface area contributed by atoms with Crippen LogP contribution in [0.4, 0.5) is 0 Å². The topological polar surface area (TPSA) is 64.9 Å². The Morgan fingerprint density at radius 3 is 2.55 bits per heavy atom. The Morgan fingerprint density at radius 2 is 1.77 bits per heavy atom. The summed E-state index contributed by atoms with van der Waals surface area (Å²) >= 11 is 0. The molecular formula is C25H31N5O. The number of pyridine rings is 1. The molecule has 3 aromatic rings. The molecule has 1 aliphatic carbocycles. The molecule has 1 fully saturated rings. The van der Waals surface area contributed by atoms with E-state index in [0.29, 0.717) is 18.0 Å². The first kappa shape index (κ1) is 20.2. The van der Waals surface area contributed by atoms with Crippen molar-refractivity contribution >= 4 is 0 Å². The number of fused-ring (bicyclic) bond motifs is 3. The second-order valence-corrected chi connectivity index (χ2v) is 9.12. The van der Waals surface area contributed by atoms with Gasteiger partial charge in [0, 0.05) is 36.7 Å². The van der Waals surface area contributed by atoms with E-state index >= 15 is 0 Å². The molecule has 3 heterocycles. The van der Waals surface area contributed by atoms with Gasteiger partial charge in [0.15, 0.2) is 0 Å². The largest absolute Gasteiger partial charge is 0.474 e. The van der Waals surface area contributed by atoms with Gasteiger partial charge in [-0.2, -0.15) is 0 Å². The second kappa shape index (κ2) is 8.79. The van der Waals surface area contributed by atoms with Gasteiger partial charge in [-0.05, 0) is 49.8 Å². The van der Waals surface area contributed by atoms with Gasteiger partial charge in [0.25, 0.3) is 0 Å². The summed E-state index contributed by atoms with van der Waals surface area (Å²) in [6.07, 6.45) is 8.08. The highest BCUT2D eigenvalue weighted by atomic mass is 16.5. The SMILES string of the molecule is CC(C)NC1Cc2ccccc2-n2c(nnc2C2CCC(Oc3ccccn3)CC2)C1. The predicted molar refractivity (Wildman–Crippen MR) is 121 cm³/mol. The van der Waals surface area contributed by atoms with Crippen molar-refractivity contribution in [1.82, 2.24) is 25.1 Å². The Hall–Kier alpha value is -2.73. The molecule has 1 unspecified atom stereocenters. The van der Waals surface area contributed by atoms with E-state index in [9.17, 15) is 0 Å². The van der Waals surface area contributed by atoms with Gasteiger partial charge in [-0.3, -0.25) is 4.57 Å². The highest BCUT2D eigenvalue weighted by Crippen LogP contribution is 2.36. The van der Waals surface area contributed by atoms with Crippen LogP contribution in [0, 0.1) is 0 Å². The second-order valence-electron chi connectivity index (χ2n) is 9.12. The molecule has 2 aromatic heterocycles. The number of benzene rings is 1. The number of hydrogen-bond donors (Lipinski definition) is 1. The van der Waals surface area contributed by atoms with Crippen molar-refractivity contribution in [1.29, 1.82) is 0 Å². The number of hydrogen-bond acceptors (Lipinski definition) is 5. The van der Waals surface area contributed by atoms with E-state index in [1.165, 1.54) is 11.3 Å². The third kappa shape index (κ3) is 4.35. The maximum Gasteiger partial charge on any atom is 0.213 e. The minimum absolute atomic E-state index is 0.226. The zero-order valence-electron chi connectivity index (χ0n) is 18.4. The Morgan fingerprint density at radius 1 is 0.968 bits per heavy atom. The summed E-state index contributed by atoms with van der Waals surface area (Å²) in [5.41, 5.74) is 2.62. The molecule has 1 N–H and O–H groups in total. The monoisotopic (exact) mass is 417 g/mol. The van der Waals surface area contributed by atoms with Crippen molar-refractivity contribution in [3.8, 4) is 11.6 Å². The van der Waals surface area contributed by atoms with Gasteiger partial charge in [0.2, 0.25) is 5.88 Å². The molecule has 2 aliphatic rings. The van der Waals surface area contributed by atoms with Crippen LogP contribution in [0.2, 0.25) is 0 Å². The van der Waals surface area contributed by atoms with Gasteiger partial charge in [0.1, 0.15) is 17.8 Å².